The summed E-state index contributed by atoms with van der Waals surface area (Å²) in [5, 5.41) is 5.68. The van der Waals surface area contributed by atoms with E-state index in [1.807, 2.05) is 0 Å². The third-order valence-corrected chi connectivity index (χ3v) is 6.58. The summed E-state index contributed by atoms with van der Waals surface area (Å²) in [5.41, 5.74) is -1.16. The molecule has 0 aliphatic heterocycles. The second-order valence-corrected chi connectivity index (χ2v) is 9.01. The average molecular weight is 594 g/mol. The van der Waals surface area contributed by atoms with E-state index in [-0.39, 0.29) is 55.6 Å². The van der Waals surface area contributed by atoms with Crippen LogP contribution in [0.5, 0.6) is 11.5 Å². The summed E-state index contributed by atoms with van der Waals surface area (Å²) in [5.74, 6) is -0.306. The van der Waals surface area contributed by atoms with Crippen LogP contribution >= 0.6 is 23.2 Å². The standard InChI is InChI=1S/C26H20Cl2F3N5O4/c1-5-19(37)33-15-7-6-13(26(29,30)31)9-16(15)34-25-32-11-12-8-14(24(38)36(2)23(12)35-25)20-21(27)17(39-3)10-18(40-4)22(20)28/h5-11H,1H2,2-4H3,(H,33,37)(H,32,34,35). The lowest BCUT2D eigenvalue weighted by Gasteiger charge is -2.16. The average Bonchev–Trinajstić information content (AvgIpc) is 2.92. The zero-order chi connectivity index (χ0) is 29.4. The third kappa shape index (κ3) is 5.40. The fraction of sp³-hybridized carbons (Fsp3) is 0.154. The van der Waals surface area contributed by atoms with Crippen LogP contribution in [0.1, 0.15) is 5.56 Å². The molecule has 0 unspecified atom stereocenters. The van der Waals surface area contributed by atoms with Gasteiger partial charge in [0.2, 0.25) is 11.9 Å². The van der Waals surface area contributed by atoms with Gasteiger partial charge in [0, 0.05) is 30.3 Å². The molecule has 4 aromatic rings. The molecule has 0 aliphatic carbocycles. The number of aryl methyl sites for hydroxylation is 1. The molecule has 2 aromatic heterocycles. The molecule has 4 rings (SSSR count). The number of anilines is 3. The Morgan fingerprint density at radius 2 is 1.73 bits per heavy atom. The molecule has 9 nitrogen and oxygen atoms in total. The minimum Gasteiger partial charge on any atom is -0.495 e. The summed E-state index contributed by atoms with van der Waals surface area (Å²) >= 11 is 13.0. The number of hydrogen-bond acceptors (Lipinski definition) is 7. The number of alkyl halides is 3. The van der Waals surface area contributed by atoms with E-state index in [2.05, 4.69) is 27.2 Å². The first-order chi connectivity index (χ1) is 18.9. The van der Waals surface area contributed by atoms with Crippen molar-refractivity contribution in [3.8, 4) is 22.6 Å². The van der Waals surface area contributed by atoms with E-state index in [0.717, 1.165) is 24.3 Å². The molecule has 0 radical (unpaired) electrons. The maximum Gasteiger partial charge on any atom is 0.416 e. The van der Waals surface area contributed by atoms with Crippen LogP contribution in [0.3, 0.4) is 0 Å². The van der Waals surface area contributed by atoms with Crippen LogP contribution in [-0.2, 0) is 18.0 Å². The molecule has 208 valence electrons. The van der Waals surface area contributed by atoms with Crippen LogP contribution in [0.25, 0.3) is 22.2 Å². The Kier molecular flexibility index (Phi) is 7.94. The fourth-order valence-electron chi connectivity index (χ4n) is 3.85. The number of carbonyl (C=O) groups is 1. The molecule has 2 heterocycles. The van der Waals surface area contributed by atoms with E-state index in [1.54, 1.807) is 0 Å². The number of methoxy groups -OCH3 is 2. The quantitative estimate of drug-likeness (QED) is 0.245. The molecule has 0 bridgehead atoms. The van der Waals surface area contributed by atoms with Crippen molar-refractivity contribution < 1.29 is 27.4 Å². The van der Waals surface area contributed by atoms with Gasteiger partial charge in [-0.15, -0.1) is 0 Å². The number of nitrogens with zero attached hydrogens (tertiary/aromatic N) is 3. The molecule has 14 heteroatoms. The minimum absolute atomic E-state index is 0.0297. The monoisotopic (exact) mass is 593 g/mol. The van der Waals surface area contributed by atoms with Crippen molar-refractivity contribution >= 4 is 57.5 Å². The molecule has 2 N–H and O–H groups in total. The van der Waals surface area contributed by atoms with E-state index in [4.69, 9.17) is 32.7 Å². The highest BCUT2D eigenvalue weighted by Crippen LogP contribution is 2.45. The second kappa shape index (κ2) is 11.1. The van der Waals surface area contributed by atoms with Crippen LogP contribution in [0.2, 0.25) is 10.0 Å². The molecule has 0 aliphatic rings. The van der Waals surface area contributed by atoms with Gasteiger partial charge >= 0.3 is 6.18 Å². The lowest BCUT2D eigenvalue weighted by molar-refractivity contribution is -0.137. The van der Waals surface area contributed by atoms with Gasteiger partial charge in [-0.1, -0.05) is 29.8 Å². The summed E-state index contributed by atoms with van der Waals surface area (Å²) < 4.78 is 51.9. The Bertz CT molecular complexity index is 1700. The summed E-state index contributed by atoms with van der Waals surface area (Å²) in [4.78, 5) is 33.7. The highest BCUT2D eigenvalue weighted by atomic mass is 35.5. The SMILES string of the molecule is C=CC(=O)Nc1ccc(C(F)(F)F)cc1Nc1ncc2cc(-c3c(Cl)c(OC)cc(OC)c3Cl)c(=O)n(C)c2n1. The molecule has 40 heavy (non-hydrogen) atoms. The predicted molar refractivity (Wildman–Crippen MR) is 147 cm³/mol. The van der Waals surface area contributed by atoms with Gasteiger partial charge in [-0.25, -0.2) is 4.98 Å². The molecule has 1 amide bonds. The smallest absolute Gasteiger partial charge is 0.416 e. The van der Waals surface area contributed by atoms with Crippen LogP contribution in [0.15, 0.2) is 54.0 Å². The summed E-state index contributed by atoms with van der Waals surface area (Å²) in [6.07, 6.45) is -2.31. The van der Waals surface area contributed by atoms with Gasteiger partial charge in [0.1, 0.15) is 17.1 Å². The molecular weight excluding hydrogens is 574 g/mol. The highest BCUT2D eigenvalue weighted by molar-refractivity contribution is 6.41. The van der Waals surface area contributed by atoms with E-state index in [1.165, 1.54) is 44.2 Å². The van der Waals surface area contributed by atoms with E-state index >= 15 is 0 Å². The summed E-state index contributed by atoms with van der Waals surface area (Å²) in [6.45, 7) is 3.34. The number of aromatic nitrogens is 3. The Morgan fingerprint density at radius 3 is 2.30 bits per heavy atom. The molecule has 0 spiro atoms. The molecule has 2 aromatic carbocycles. The van der Waals surface area contributed by atoms with Crippen LogP contribution in [-0.4, -0.2) is 34.7 Å². The van der Waals surface area contributed by atoms with Crippen molar-refractivity contribution in [3.05, 3.63) is 75.1 Å². The fourth-order valence-corrected chi connectivity index (χ4v) is 4.55. The number of pyridine rings is 1. The maximum absolute atomic E-state index is 13.4. The Hall–Kier alpha value is -4.29. The van der Waals surface area contributed by atoms with Gasteiger partial charge in [0.25, 0.3) is 5.56 Å². The van der Waals surface area contributed by atoms with Gasteiger partial charge in [-0.05, 0) is 30.3 Å². The Morgan fingerprint density at radius 1 is 1.07 bits per heavy atom. The summed E-state index contributed by atoms with van der Waals surface area (Å²) in [7, 11) is 4.25. The normalized spacial score (nSPS) is 11.3. The number of carbonyl (C=O) groups excluding carboxylic acids is 1. The van der Waals surface area contributed by atoms with Gasteiger partial charge in [-0.2, -0.15) is 18.2 Å². The number of amides is 1. The highest BCUT2D eigenvalue weighted by Gasteiger charge is 2.31. The topological polar surface area (TPSA) is 107 Å². The van der Waals surface area contributed by atoms with Crippen molar-refractivity contribution in [2.75, 3.05) is 24.9 Å². The van der Waals surface area contributed by atoms with Crippen molar-refractivity contribution in [2.24, 2.45) is 7.05 Å². The van der Waals surface area contributed by atoms with Crippen molar-refractivity contribution in [1.29, 1.82) is 0 Å². The van der Waals surface area contributed by atoms with Crippen molar-refractivity contribution in [3.63, 3.8) is 0 Å². The zero-order valence-corrected chi connectivity index (χ0v) is 22.6. The Balaban J connectivity index is 1.84. The van der Waals surface area contributed by atoms with E-state index in [0.29, 0.717) is 5.39 Å². The first kappa shape index (κ1) is 28.7. The number of halogens is 5. The number of rotatable bonds is 7. The second-order valence-electron chi connectivity index (χ2n) is 8.26. The molecule has 0 fully saturated rings. The molecule has 0 atom stereocenters. The maximum atomic E-state index is 13.4. The van der Waals surface area contributed by atoms with E-state index < -0.39 is 23.2 Å². The van der Waals surface area contributed by atoms with Crippen molar-refractivity contribution in [2.45, 2.75) is 6.18 Å². The first-order valence-corrected chi connectivity index (χ1v) is 12.0. The van der Waals surface area contributed by atoms with Gasteiger partial charge in [0.05, 0.1) is 46.8 Å². The van der Waals surface area contributed by atoms with Crippen LogP contribution < -0.4 is 25.7 Å². The van der Waals surface area contributed by atoms with Crippen LogP contribution in [0.4, 0.5) is 30.5 Å². The lowest BCUT2D eigenvalue weighted by Crippen LogP contribution is -2.20. The van der Waals surface area contributed by atoms with Gasteiger partial charge in [0.15, 0.2) is 0 Å². The number of fused-ring (bicyclic) bond motifs is 1. The first-order valence-electron chi connectivity index (χ1n) is 11.3. The number of benzene rings is 2. The van der Waals surface area contributed by atoms with Gasteiger partial charge in [-0.3, -0.25) is 14.2 Å². The third-order valence-electron chi connectivity index (χ3n) is 5.83. The van der Waals surface area contributed by atoms with Crippen molar-refractivity contribution in [1.82, 2.24) is 14.5 Å². The Labute approximate surface area is 235 Å². The summed E-state index contributed by atoms with van der Waals surface area (Å²) in [6, 6.07) is 5.67. The zero-order valence-electron chi connectivity index (χ0n) is 21.1. The predicted octanol–water partition coefficient (Wildman–Crippen LogP) is 6.21. The van der Waals surface area contributed by atoms with Crippen LogP contribution in [0, 0.1) is 0 Å². The molecule has 0 saturated carbocycles. The minimum atomic E-state index is -4.65. The molecule has 0 saturated heterocycles. The number of ether oxygens (including phenoxy) is 2. The largest absolute Gasteiger partial charge is 0.495 e. The van der Waals surface area contributed by atoms with E-state index in [9.17, 15) is 22.8 Å². The van der Waals surface area contributed by atoms with Gasteiger partial charge < -0.3 is 20.1 Å². The molecular formula is C26H20Cl2F3N5O4. The number of nitrogens with one attached hydrogen (secondary N) is 2. The number of hydrogen-bond donors (Lipinski definition) is 2. The lowest BCUT2D eigenvalue weighted by atomic mass is 10.0.